The Balaban J connectivity index is 1.65. The van der Waals surface area contributed by atoms with Gasteiger partial charge >= 0.3 is 5.97 Å². The van der Waals surface area contributed by atoms with Crippen LogP contribution in [-0.4, -0.2) is 82.2 Å². The first kappa shape index (κ1) is 133. The highest BCUT2D eigenvalue weighted by molar-refractivity contribution is 7.45. The second-order valence-electron chi connectivity index (χ2n) is 45.7. The Morgan fingerprint density at radius 1 is 0.350 bits per heavy atom. The van der Waals surface area contributed by atoms with Gasteiger partial charge < -0.3 is 39.3 Å². The molecule has 0 amide bonds. The van der Waals surface area contributed by atoms with Crippen LogP contribution in [0.25, 0.3) is 0 Å². The number of hydrogen-bond donors (Lipinski definition) is 4. The summed E-state index contributed by atoms with van der Waals surface area (Å²) in [5.74, 6) is 2.27. The van der Waals surface area contributed by atoms with Gasteiger partial charge in [0.1, 0.15) is 36.8 Å². The summed E-state index contributed by atoms with van der Waals surface area (Å²) in [7, 11) is -5.12. The Morgan fingerprint density at radius 2 is 0.636 bits per heavy atom. The minimum Gasteiger partial charge on any atom is -0.756 e. The second-order valence-corrected chi connectivity index (χ2v) is 47.0. The number of rotatable bonds is 104. The number of phosphoric acid groups is 1. The first-order chi connectivity index (χ1) is 68.0. The highest BCUT2D eigenvalue weighted by atomic mass is 31.2. The van der Waals surface area contributed by atoms with Crippen LogP contribution < -0.4 is 4.89 Å². The lowest BCUT2D eigenvalue weighted by Gasteiger charge is -2.41. The summed E-state index contributed by atoms with van der Waals surface area (Å²) in [4.78, 5) is 40.0. The number of ketones is 1. The smallest absolute Gasteiger partial charge is 0.311 e. The van der Waals surface area contributed by atoms with E-state index >= 15 is 0 Å². The van der Waals surface area contributed by atoms with Crippen molar-refractivity contribution in [2.24, 2.45) is 29.6 Å². The van der Waals surface area contributed by atoms with Crippen LogP contribution in [0.3, 0.4) is 0 Å². The maximum atomic E-state index is 14.1. The summed E-state index contributed by atoms with van der Waals surface area (Å²) in [5, 5.41) is 44.6. The van der Waals surface area contributed by atoms with Crippen LogP contribution in [0.5, 0.6) is 0 Å². The number of aliphatic hydroxyl groups is 4. The maximum absolute atomic E-state index is 14.1. The van der Waals surface area contributed by atoms with Gasteiger partial charge in [-0.2, -0.15) is 0 Å². The topological polar surface area (TPSA) is 192 Å². The Kier molecular flexibility index (Phi) is 90.1. The zero-order chi connectivity index (χ0) is 102. The number of Topliss-reactive ketones (excluding diaryl/α,β-unsaturated/α-hetero) is 1. The molecular formula is C127H234O12P-. The van der Waals surface area contributed by atoms with E-state index in [2.05, 4.69) is 113 Å². The maximum Gasteiger partial charge on any atom is 0.311 e. The Labute approximate surface area is 868 Å². The minimum atomic E-state index is -5.12. The van der Waals surface area contributed by atoms with E-state index in [9.17, 15) is 39.5 Å². The molecule has 140 heavy (non-hydrogen) atoms. The number of carbonyl (C=O) groups is 2. The molecule has 0 bridgehead atoms. The number of hydrogen-bond acceptors (Lipinski definition) is 12. The van der Waals surface area contributed by atoms with Crippen LogP contribution in [0.4, 0.5) is 0 Å². The van der Waals surface area contributed by atoms with E-state index < -0.39 is 63.1 Å². The zero-order valence-corrected chi connectivity index (χ0v) is 95.5. The van der Waals surface area contributed by atoms with Crippen LogP contribution in [0.1, 0.15) is 635 Å². The molecule has 0 aromatic rings. The molecule has 13 heteroatoms. The van der Waals surface area contributed by atoms with Gasteiger partial charge in [-0.15, -0.1) is 0 Å². The van der Waals surface area contributed by atoms with E-state index in [0.717, 1.165) is 158 Å². The summed E-state index contributed by atoms with van der Waals surface area (Å²) in [6.07, 6.45) is 114. The normalized spacial score (nSPS) is 18.7. The van der Waals surface area contributed by atoms with Crippen molar-refractivity contribution in [1.82, 2.24) is 0 Å². The van der Waals surface area contributed by atoms with Crippen molar-refractivity contribution < 1.29 is 58.0 Å². The van der Waals surface area contributed by atoms with Crippen LogP contribution in [0.2, 0.25) is 0 Å². The van der Waals surface area contributed by atoms with E-state index in [1.807, 2.05) is 6.92 Å². The number of ether oxygens (including phenoxy) is 2. The Bertz CT molecular complexity index is 3120. The average molecular weight is 1980 g/mol. The summed E-state index contributed by atoms with van der Waals surface area (Å²) in [6.45, 7) is 25.9. The van der Waals surface area contributed by atoms with Crippen LogP contribution >= 0.6 is 7.82 Å². The predicted octanol–water partition coefficient (Wildman–Crippen LogP) is 39.1. The third-order valence-corrected chi connectivity index (χ3v) is 32.4. The van der Waals surface area contributed by atoms with Gasteiger partial charge in [-0.3, -0.25) is 18.7 Å². The van der Waals surface area contributed by atoms with Gasteiger partial charge in [-0.05, 0) is 182 Å². The first-order valence-corrected chi connectivity index (χ1v) is 62.7. The third kappa shape index (κ3) is 81.2. The van der Waals surface area contributed by atoms with Gasteiger partial charge in [0.15, 0.2) is 6.29 Å². The van der Waals surface area contributed by atoms with E-state index in [1.54, 1.807) is 6.08 Å². The molecule has 0 aromatic heterocycles. The zero-order valence-electron chi connectivity index (χ0n) is 94.6. The van der Waals surface area contributed by atoms with E-state index in [4.69, 9.17) is 18.5 Å². The van der Waals surface area contributed by atoms with Gasteiger partial charge in [-0.1, -0.05) is 546 Å². The fourth-order valence-corrected chi connectivity index (χ4v) is 22.0. The van der Waals surface area contributed by atoms with Crippen LogP contribution in [0, 0.1) is 29.6 Å². The van der Waals surface area contributed by atoms with Crippen molar-refractivity contribution in [1.29, 1.82) is 0 Å². The quantitative estimate of drug-likeness (QED) is 0.0195. The molecule has 1 aliphatic heterocycles. The largest absolute Gasteiger partial charge is 0.756 e. The highest BCUT2D eigenvalue weighted by Gasteiger charge is 2.47. The number of aliphatic hydroxyl groups excluding tert-OH is 4. The van der Waals surface area contributed by atoms with Crippen molar-refractivity contribution in [3.05, 3.63) is 81.5 Å². The lowest BCUT2D eigenvalue weighted by atomic mass is 9.91. The molecule has 1 heterocycles. The lowest BCUT2D eigenvalue weighted by molar-refractivity contribution is -0.305. The van der Waals surface area contributed by atoms with E-state index in [1.165, 1.54) is 432 Å². The van der Waals surface area contributed by atoms with E-state index in [-0.39, 0.29) is 12.5 Å². The SMILES string of the molecule is CCCCCCCCCCCCCCCCCCCCCCCCCCC(C(=O)OC[C@H]1O[C@H](OP(=O)([O-])OC/C=C(\C)CC/C=C(\C)CC/C=C(\C)CC/C=C(\C)CC/C=C(\C)CC/C=C(\C)CCC=C(C)C)[C@@H](O)[C@@H](O)[C@@H]1O)[C@H](O)CCCCCCCCCCCCCCCCC1CC1C(C)CCCCCCCCCCCCCCCCC(=O)C(C)CCCCCCCCCCCCCCCCC. The molecule has 0 radical (unpaired) electrons. The molecule has 1 saturated carbocycles. The van der Waals surface area contributed by atoms with Crippen molar-refractivity contribution >= 4 is 19.6 Å². The molecule has 4 N–H and O–H groups in total. The van der Waals surface area contributed by atoms with Crippen molar-refractivity contribution in [3.8, 4) is 0 Å². The van der Waals surface area contributed by atoms with E-state index in [0.29, 0.717) is 25.0 Å². The summed E-state index contributed by atoms with van der Waals surface area (Å²) >= 11 is 0. The molecule has 2 fully saturated rings. The summed E-state index contributed by atoms with van der Waals surface area (Å²) in [6, 6.07) is 0. The van der Waals surface area contributed by atoms with Crippen LogP contribution in [-0.2, 0) is 32.7 Å². The van der Waals surface area contributed by atoms with Crippen LogP contribution in [0.15, 0.2) is 81.5 Å². The number of carbonyl (C=O) groups excluding carboxylic acids is 2. The van der Waals surface area contributed by atoms with Crippen molar-refractivity contribution in [3.63, 3.8) is 0 Å². The molecule has 1 aliphatic carbocycles. The molecule has 1 saturated heterocycles. The lowest BCUT2D eigenvalue weighted by Crippen LogP contribution is -2.59. The molecule has 6 unspecified atom stereocenters. The molecule has 2 aliphatic rings. The number of allylic oxidation sites excluding steroid dienone is 13. The summed E-state index contributed by atoms with van der Waals surface area (Å²) < 4.78 is 35.1. The number of unbranched alkanes of at least 4 members (excludes halogenated alkanes) is 63. The van der Waals surface area contributed by atoms with Crippen molar-refractivity contribution in [2.75, 3.05) is 13.2 Å². The third-order valence-electron chi connectivity index (χ3n) is 31.5. The van der Waals surface area contributed by atoms with Crippen molar-refractivity contribution in [2.45, 2.75) is 672 Å². The monoisotopic (exact) mass is 1980 g/mol. The number of esters is 1. The van der Waals surface area contributed by atoms with Gasteiger partial charge in [0.05, 0.1) is 18.6 Å². The number of phosphoric ester groups is 1. The fraction of sp³-hybridized carbons (Fsp3) is 0.874. The molecule has 2 rings (SSSR count). The molecule has 0 spiro atoms. The first-order valence-electron chi connectivity index (χ1n) is 61.3. The van der Waals surface area contributed by atoms with Gasteiger partial charge in [0.2, 0.25) is 0 Å². The molecule has 12 atom stereocenters. The molecule has 0 aromatic carbocycles. The summed E-state index contributed by atoms with van der Waals surface area (Å²) in [5.41, 5.74) is 9.46. The Hall–Kier alpha value is -2.77. The van der Waals surface area contributed by atoms with Gasteiger partial charge in [0.25, 0.3) is 7.82 Å². The van der Waals surface area contributed by atoms with Gasteiger partial charge in [0, 0.05) is 12.3 Å². The minimum absolute atomic E-state index is 0.263. The molecule has 820 valence electrons. The second kappa shape index (κ2) is 94.7. The molecular weight excluding hydrogens is 1750 g/mol. The highest BCUT2D eigenvalue weighted by Crippen LogP contribution is 2.49. The van der Waals surface area contributed by atoms with Gasteiger partial charge in [-0.25, -0.2) is 0 Å². The standard InChI is InChI=1S/C127H235O12P/c1-13-15-17-19-21-23-25-27-29-30-31-32-33-34-35-36-37-39-47-53-59-65-71-77-101-118(126(133)136-107-122-123(130)124(131)125(132)127(138-122)139-140(134,135)137-105-104-114(10)97-85-96-113(9)95-84-94-112(8)93-83-92-111(7)91-82-90-110(6)89-81-88-109(5)87-80-86-108(3)4)121(129)103-79-73-67-61-55-49-43-41-46-52-58-64-70-76-100-117-106-119(117)115(11)98-74-68-62-56-50-44-40-42-48-54-60-66-72-78-102-120(128)116(12)99-75-69-63-57-51-45-38-28-26-24-22-20-18-16-14-2/h86,88,90,92,94,96,104,115-119,121-125,127,129-132H,13-85,87,89,91,93,95,97-103,105-107H2,1-12H3,(H,134,135)/p-1/b109-88+,110-90+,111-92+,112-94+,113-96+,114-104+/t115?,116?,117?,118?,119?,121-,122-,123-,124+,125+,127-/m1/s1. The Morgan fingerprint density at radius 3 is 0.971 bits per heavy atom. The fourth-order valence-electron chi connectivity index (χ4n) is 21.3. The predicted molar refractivity (Wildman–Crippen MR) is 602 cm³/mol. The molecule has 12 nitrogen and oxygen atoms in total. The average Bonchev–Trinajstić information content (AvgIpc) is 0.914.